The van der Waals surface area contributed by atoms with Crippen LogP contribution in [0.5, 0.6) is 0 Å². The van der Waals surface area contributed by atoms with Gasteiger partial charge in [-0.05, 0) is 38.5 Å². The topological polar surface area (TPSA) is 146 Å². The predicted octanol–water partition coefficient (Wildman–Crippen LogP) is 0.786. The molecule has 1 aliphatic rings. The van der Waals surface area contributed by atoms with E-state index in [0.29, 0.717) is 31.9 Å². The van der Waals surface area contributed by atoms with Crippen molar-refractivity contribution in [3.8, 4) is 0 Å². The first-order valence-corrected chi connectivity index (χ1v) is 11.8. The maximum atomic E-state index is 12.8. The first kappa shape index (κ1) is 25.8. The Morgan fingerprint density at radius 1 is 1.19 bits per heavy atom. The third kappa shape index (κ3) is 10.3. The number of hydrogen-bond donors (Lipinski definition) is 4. The minimum atomic E-state index is -4.38. The molecule has 1 fully saturated rings. The molecule has 1 atom stereocenters. The smallest absolute Gasteiger partial charge is 0.408 e. The molecule has 0 aliphatic carbocycles. The van der Waals surface area contributed by atoms with Crippen molar-refractivity contribution in [1.29, 1.82) is 0 Å². The molecule has 12 heteroatoms. The zero-order chi connectivity index (χ0) is 23.8. The molecule has 32 heavy (non-hydrogen) atoms. The van der Waals surface area contributed by atoms with E-state index < -0.39 is 28.0 Å². The summed E-state index contributed by atoms with van der Waals surface area (Å²) in [5.74, 6) is -0.357. The summed E-state index contributed by atoms with van der Waals surface area (Å²) in [5, 5.41) is 5.45. The van der Waals surface area contributed by atoms with Gasteiger partial charge >= 0.3 is 16.4 Å². The van der Waals surface area contributed by atoms with E-state index in [1.807, 2.05) is 4.72 Å². The highest BCUT2D eigenvalue weighted by molar-refractivity contribution is 7.87. The molecule has 0 radical (unpaired) electrons. The number of carbonyl (C=O) groups excluding carboxylic acids is 2. The van der Waals surface area contributed by atoms with E-state index in [1.165, 1.54) is 12.1 Å². The summed E-state index contributed by atoms with van der Waals surface area (Å²) in [7, 11) is -4.38. The predicted molar refractivity (Wildman–Crippen MR) is 119 cm³/mol. The highest BCUT2D eigenvalue weighted by atomic mass is 32.2. The lowest BCUT2D eigenvalue weighted by Gasteiger charge is -2.27. The van der Waals surface area contributed by atoms with Gasteiger partial charge < -0.3 is 20.1 Å². The van der Waals surface area contributed by atoms with Crippen molar-refractivity contribution in [2.75, 3.05) is 44.1 Å². The van der Waals surface area contributed by atoms with Crippen LogP contribution in [-0.4, -0.2) is 80.9 Å². The second-order valence-corrected chi connectivity index (χ2v) is 9.58. The Morgan fingerprint density at radius 3 is 2.38 bits per heavy atom. The van der Waals surface area contributed by atoms with Gasteiger partial charge in [0.1, 0.15) is 11.6 Å². The fourth-order valence-corrected chi connectivity index (χ4v) is 3.47. The molecule has 1 aliphatic heterocycles. The Bertz CT molecular complexity index is 863. The van der Waals surface area contributed by atoms with E-state index in [-0.39, 0.29) is 18.0 Å². The van der Waals surface area contributed by atoms with Gasteiger partial charge in [-0.3, -0.25) is 19.0 Å². The van der Waals surface area contributed by atoms with Crippen molar-refractivity contribution in [3.05, 3.63) is 29.8 Å². The number of morpholine rings is 1. The van der Waals surface area contributed by atoms with E-state index in [1.54, 1.807) is 32.9 Å². The number of hydrogen-bond acceptors (Lipinski definition) is 7. The molecule has 1 heterocycles. The molecule has 0 saturated carbocycles. The van der Waals surface area contributed by atoms with Crippen molar-refractivity contribution in [2.24, 2.45) is 0 Å². The molecular weight excluding hydrogens is 440 g/mol. The molecule has 0 spiro atoms. The Kier molecular flexibility index (Phi) is 9.25. The van der Waals surface area contributed by atoms with Crippen LogP contribution in [0, 0.1) is 0 Å². The van der Waals surface area contributed by atoms with Crippen LogP contribution in [0.4, 0.5) is 10.5 Å². The first-order chi connectivity index (χ1) is 14.9. The van der Waals surface area contributed by atoms with Crippen LogP contribution < -0.4 is 15.4 Å². The van der Waals surface area contributed by atoms with Crippen LogP contribution in [0.25, 0.3) is 0 Å². The van der Waals surface area contributed by atoms with Gasteiger partial charge in [0.05, 0.1) is 18.9 Å². The number of benzene rings is 1. The molecule has 11 nitrogen and oxygen atoms in total. The summed E-state index contributed by atoms with van der Waals surface area (Å²) < 4.78 is 43.2. The SMILES string of the molecule is CC(C)(C)OC(=O)NC(Cc1ccc(NS(=O)(=O)O)cc1)C(=O)NCCN1CCOCC1. The third-order valence-electron chi connectivity index (χ3n) is 4.48. The van der Waals surface area contributed by atoms with Gasteiger partial charge in [-0.15, -0.1) is 0 Å². The fraction of sp³-hybridized carbons (Fsp3) is 0.600. The summed E-state index contributed by atoms with van der Waals surface area (Å²) >= 11 is 0. The van der Waals surface area contributed by atoms with E-state index >= 15 is 0 Å². The lowest BCUT2D eigenvalue weighted by molar-refractivity contribution is -0.123. The average Bonchev–Trinajstić information content (AvgIpc) is 2.67. The number of carbonyl (C=O) groups is 2. The van der Waals surface area contributed by atoms with Gasteiger partial charge in [-0.25, -0.2) is 4.79 Å². The highest BCUT2D eigenvalue weighted by Gasteiger charge is 2.25. The van der Waals surface area contributed by atoms with Gasteiger partial charge in [-0.1, -0.05) is 12.1 Å². The van der Waals surface area contributed by atoms with Crippen molar-refractivity contribution in [3.63, 3.8) is 0 Å². The molecule has 180 valence electrons. The Balaban J connectivity index is 2.00. The average molecular weight is 473 g/mol. The van der Waals surface area contributed by atoms with Crippen molar-refractivity contribution in [2.45, 2.75) is 38.8 Å². The summed E-state index contributed by atoms with van der Waals surface area (Å²) in [6, 6.07) is 5.19. The van der Waals surface area contributed by atoms with Crippen LogP contribution in [0.3, 0.4) is 0 Å². The Morgan fingerprint density at radius 2 is 1.81 bits per heavy atom. The van der Waals surface area contributed by atoms with Crippen LogP contribution in [0.15, 0.2) is 24.3 Å². The number of nitrogens with zero attached hydrogens (tertiary/aromatic N) is 1. The number of nitrogens with one attached hydrogen (secondary N) is 3. The van der Waals surface area contributed by atoms with Crippen LogP contribution >= 0.6 is 0 Å². The molecule has 2 rings (SSSR count). The molecule has 1 aromatic carbocycles. The van der Waals surface area contributed by atoms with E-state index in [9.17, 15) is 18.0 Å². The first-order valence-electron chi connectivity index (χ1n) is 10.3. The molecule has 0 aromatic heterocycles. The normalized spacial score (nSPS) is 16.1. The lowest BCUT2D eigenvalue weighted by atomic mass is 10.0. The zero-order valence-electron chi connectivity index (χ0n) is 18.6. The minimum Gasteiger partial charge on any atom is -0.444 e. The minimum absolute atomic E-state index is 0.161. The fourth-order valence-electron chi connectivity index (χ4n) is 3.04. The Hall–Kier alpha value is -2.41. The van der Waals surface area contributed by atoms with Crippen molar-refractivity contribution >= 4 is 28.0 Å². The van der Waals surface area contributed by atoms with Gasteiger partial charge in [0.25, 0.3) is 0 Å². The van der Waals surface area contributed by atoms with Gasteiger partial charge in [0.15, 0.2) is 0 Å². The van der Waals surface area contributed by atoms with Crippen LogP contribution in [0.2, 0.25) is 0 Å². The highest BCUT2D eigenvalue weighted by Crippen LogP contribution is 2.13. The quantitative estimate of drug-likeness (QED) is 0.386. The zero-order valence-corrected chi connectivity index (χ0v) is 19.4. The molecule has 2 amide bonds. The molecule has 4 N–H and O–H groups in total. The summed E-state index contributed by atoms with van der Waals surface area (Å²) in [6.07, 6.45) is -0.551. The number of amides is 2. The second-order valence-electron chi connectivity index (χ2n) is 8.42. The maximum Gasteiger partial charge on any atom is 0.408 e. The van der Waals surface area contributed by atoms with Gasteiger partial charge in [0, 0.05) is 32.6 Å². The van der Waals surface area contributed by atoms with Gasteiger partial charge in [-0.2, -0.15) is 8.42 Å². The van der Waals surface area contributed by atoms with E-state index in [0.717, 1.165) is 13.1 Å². The second kappa shape index (κ2) is 11.5. The standard InChI is InChI=1S/C20H32N4O7S/c1-20(2,3)31-19(26)22-17(18(25)21-8-9-24-10-12-30-13-11-24)14-15-4-6-16(7-5-15)23-32(27,28)29/h4-7,17,23H,8-14H2,1-3H3,(H,21,25)(H,22,26)(H,27,28,29). The number of alkyl carbamates (subject to hydrolysis) is 1. The molecule has 1 saturated heterocycles. The summed E-state index contributed by atoms with van der Waals surface area (Å²) in [6.45, 7) is 9.21. The molecule has 1 unspecified atom stereocenters. The monoisotopic (exact) mass is 472 g/mol. The summed E-state index contributed by atoms with van der Waals surface area (Å²) in [4.78, 5) is 27.2. The largest absolute Gasteiger partial charge is 0.444 e. The molecular formula is C20H32N4O7S. The van der Waals surface area contributed by atoms with Crippen molar-refractivity contribution < 1.29 is 32.0 Å². The molecule has 0 bridgehead atoms. The number of rotatable bonds is 9. The van der Waals surface area contributed by atoms with Gasteiger partial charge in [0.2, 0.25) is 5.91 Å². The Labute approximate surface area is 188 Å². The molecule has 1 aromatic rings. The maximum absolute atomic E-state index is 12.8. The number of ether oxygens (including phenoxy) is 2. The summed E-state index contributed by atoms with van der Waals surface area (Å²) in [5.41, 5.74) is 0.128. The van der Waals surface area contributed by atoms with Crippen molar-refractivity contribution in [1.82, 2.24) is 15.5 Å². The van der Waals surface area contributed by atoms with E-state index in [4.69, 9.17) is 14.0 Å². The third-order valence-corrected chi connectivity index (χ3v) is 4.97. The van der Waals surface area contributed by atoms with Crippen LogP contribution in [0.1, 0.15) is 26.3 Å². The van der Waals surface area contributed by atoms with E-state index in [2.05, 4.69) is 15.5 Å². The number of anilines is 1. The lowest BCUT2D eigenvalue weighted by Crippen LogP contribution is -2.50. The van der Waals surface area contributed by atoms with Crippen LogP contribution in [-0.2, 0) is 31.0 Å².